The second-order valence-electron chi connectivity index (χ2n) is 4.96. The van der Waals surface area contributed by atoms with E-state index in [9.17, 15) is 0 Å². The number of aromatic nitrogens is 3. The van der Waals surface area contributed by atoms with Gasteiger partial charge in [-0.3, -0.25) is 0 Å². The van der Waals surface area contributed by atoms with Gasteiger partial charge in [0.2, 0.25) is 5.95 Å². The predicted octanol–water partition coefficient (Wildman–Crippen LogP) is 2.16. The Labute approximate surface area is 112 Å². The lowest BCUT2D eigenvalue weighted by Gasteiger charge is -2.30. The van der Waals surface area contributed by atoms with Gasteiger partial charge in [-0.15, -0.1) is 5.10 Å². The van der Waals surface area contributed by atoms with Crippen LogP contribution < -0.4 is 10.5 Å². The minimum absolute atomic E-state index is 0.241. The Morgan fingerprint density at radius 2 is 2.16 bits per heavy atom. The third-order valence-electron chi connectivity index (χ3n) is 3.90. The number of fused-ring (bicyclic) bond motifs is 1. The van der Waals surface area contributed by atoms with Crippen molar-refractivity contribution >= 4 is 5.95 Å². The van der Waals surface area contributed by atoms with Crippen molar-refractivity contribution < 1.29 is 4.74 Å². The molecule has 0 spiro atoms. The Morgan fingerprint density at radius 3 is 2.95 bits per heavy atom. The molecule has 100 valence electrons. The van der Waals surface area contributed by atoms with E-state index in [1.165, 1.54) is 5.56 Å². The minimum Gasteiger partial charge on any atom is -0.496 e. The summed E-state index contributed by atoms with van der Waals surface area (Å²) >= 11 is 0. The van der Waals surface area contributed by atoms with Crippen molar-refractivity contribution in [3.63, 3.8) is 0 Å². The lowest BCUT2D eigenvalue weighted by molar-refractivity contribution is 0.326. The molecule has 1 aromatic carbocycles. The molecule has 5 heteroatoms. The number of aryl methyl sites for hydroxylation is 1. The first-order valence-electron chi connectivity index (χ1n) is 6.54. The van der Waals surface area contributed by atoms with Gasteiger partial charge < -0.3 is 10.5 Å². The lowest BCUT2D eigenvalue weighted by Crippen LogP contribution is -2.24. The molecule has 3 rings (SSSR count). The van der Waals surface area contributed by atoms with Crippen LogP contribution in [0.4, 0.5) is 5.95 Å². The highest BCUT2D eigenvalue weighted by atomic mass is 16.5. The van der Waals surface area contributed by atoms with Gasteiger partial charge in [-0.25, -0.2) is 4.68 Å². The molecule has 0 amide bonds. The SMILES string of the molecule is COc1ccccc1C1CCc2nc(N)nn2C1C. The van der Waals surface area contributed by atoms with Gasteiger partial charge in [-0.05, 0) is 25.0 Å². The molecule has 0 radical (unpaired) electrons. The number of para-hydroxylation sites is 1. The van der Waals surface area contributed by atoms with Crippen LogP contribution in [0.3, 0.4) is 0 Å². The van der Waals surface area contributed by atoms with Crippen molar-refractivity contribution in [3.8, 4) is 5.75 Å². The van der Waals surface area contributed by atoms with Crippen LogP contribution in [0.1, 0.15) is 36.7 Å². The van der Waals surface area contributed by atoms with Crippen LogP contribution in [-0.2, 0) is 6.42 Å². The summed E-state index contributed by atoms with van der Waals surface area (Å²) < 4.78 is 7.42. The fraction of sp³-hybridized carbons (Fsp3) is 0.429. The van der Waals surface area contributed by atoms with Crippen molar-refractivity contribution in [2.45, 2.75) is 31.7 Å². The molecule has 1 aromatic heterocycles. The average molecular weight is 258 g/mol. The summed E-state index contributed by atoms with van der Waals surface area (Å²) in [5, 5.41) is 4.31. The van der Waals surface area contributed by atoms with E-state index in [4.69, 9.17) is 10.5 Å². The van der Waals surface area contributed by atoms with Crippen molar-refractivity contribution in [1.29, 1.82) is 0 Å². The summed E-state index contributed by atoms with van der Waals surface area (Å²) in [4.78, 5) is 4.27. The summed E-state index contributed by atoms with van der Waals surface area (Å²) in [6, 6.07) is 8.42. The van der Waals surface area contributed by atoms with E-state index in [1.54, 1.807) is 7.11 Å². The molecular weight excluding hydrogens is 240 g/mol. The van der Waals surface area contributed by atoms with Crippen molar-refractivity contribution in [3.05, 3.63) is 35.7 Å². The second-order valence-corrected chi connectivity index (χ2v) is 4.96. The van der Waals surface area contributed by atoms with Gasteiger partial charge in [-0.2, -0.15) is 4.98 Å². The monoisotopic (exact) mass is 258 g/mol. The highest BCUT2D eigenvalue weighted by molar-refractivity contribution is 5.37. The van der Waals surface area contributed by atoms with Crippen LogP contribution in [0.25, 0.3) is 0 Å². The maximum Gasteiger partial charge on any atom is 0.239 e. The maximum atomic E-state index is 5.69. The number of anilines is 1. The Balaban J connectivity index is 1.99. The van der Waals surface area contributed by atoms with E-state index in [-0.39, 0.29) is 6.04 Å². The third kappa shape index (κ3) is 1.95. The molecule has 2 N–H and O–H groups in total. The van der Waals surface area contributed by atoms with Crippen molar-refractivity contribution in [2.75, 3.05) is 12.8 Å². The molecule has 0 fully saturated rings. The summed E-state index contributed by atoms with van der Waals surface area (Å²) in [5.74, 6) is 2.67. The average Bonchev–Trinajstić information content (AvgIpc) is 2.81. The van der Waals surface area contributed by atoms with Crippen LogP contribution in [0, 0.1) is 0 Å². The van der Waals surface area contributed by atoms with Crippen LogP contribution in [0.2, 0.25) is 0 Å². The second kappa shape index (κ2) is 4.57. The predicted molar refractivity (Wildman–Crippen MR) is 73.2 cm³/mol. The lowest BCUT2D eigenvalue weighted by atomic mass is 9.85. The Hall–Kier alpha value is -2.04. The highest BCUT2D eigenvalue weighted by Crippen LogP contribution is 2.40. The largest absolute Gasteiger partial charge is 0.496 e. The molecule has 5 nitrogen and oxygen atoms in total. The van der Waals surface area contributed by atoms with Crippen molar-refractivity contribution in [1.82, 2.24) is 14.8 Å². The molecule has 1 aliphatic heterocycles. The molecule has 0 saturated carbocycles. The molecule has 0 saturated heterocycles. The fourth-order valence-corrected chi connectivity index (χ4v) is 2.95. The van der Waals surface area contributed by atoms with Gasteiger partial charge in [0.25, 0.3) is 0 Å². The summed E-state index contributed by atoms with van der Waals surface area (Å²) in [7, 11) is 1.71. The summed E-state index contributed by atoms with van der Waals surface area (Å²) in [6.45, 7) is 2.16. The molecule has 19 heavy (non-hydrogen) atoms. The molecule has 2 atom stereocenters. The van der Waals surface area contributed by atoms with Gasteiger partial charge >= 0.3 is 0 Å². The van der Waals surface area contributed by atoms with Crippen LogP contribution in [0.5, 0.6) is 5.75 Å². The Kier molecular flexibility index (Phi) is 2.89. The number of methoxy groups -OCH3 is 1. The highest BCUT2D eigenvalue weighted by Gasteiger charge is 2.30. The Bertz CT molecular complexity index is 593. The number of benzene rings is 1. The molecule has 2 unspecified atom stereocenters. The van der Waals surface area contributed by atoms with Crippen LogP contribution >= 0.6 is 0 Å². The molecule has 2 aromatic rings. The van der Waals surface area contributed by atoms with E-state index in [1.807, 2.05) is 16.8 Å². The normalized spacial score (nSPS) is 22.0. The zero-order valence-electron chi connectivity index (χ0n) is 11.2. The standard InChI is InChI=1S/C14H18N4O/c1-9-10(11-5-3-4-6-12(11)19-2)7-8-13-16-14(15)17-18(9)13/h3-6,9-10H,7-8H2,1-2H3,(H2,15,17). The van der Waals surface area contributed by atoms with E-state index in [0.717, 1.165) is 24.4 Å². The van der Waals surface area contributed by atoms with Gasteiger partial charge in [0.1, 0.15) is 11.6 Å². The number of hydrogen-bond acceptors (Lipinski definition) is 4. The van der Waals surface area contributed by atoms with Gasteiger partial charge in [0.15, 0.2) is 0 Å². The van der Waals surface area contributed by atoms with E-state index < -0.39 is 0 Å². The summed E-state index contributed by atoms with van der Waals surface area (Å²) in [5.41, 5.74) is 6.93. The molecule has 1 aliphatic rings. The number of nitrogen functional groups attached to an aromatic ring is 1. The first-order chi connectivity index (χ1) is 9.20. The molecule has 0 aliphatic carbocycles. The quantitative estimate of drug-likeness (QED) is 0.896. The van der Waals surface area contributed by atoms with E-state index in [2.05, 4.69) is 29.1 Å². The zero-order valence-corrected chi connectivity index (χ0v) is 11.2. The number of hydrogen-bond donors (Lipinski definition) is 1. The number of ether oxygens (including phenoxy) is 1. The topological polar surface area (TPSA) is 66.0 Å². The molecule has 0 bridgehead atoms. The summed E-state index contributed by atoms with van der Waals surface area (Å²) in [6.07, 6.45) is 1.94. The van der Waals surface area contributed by atoms with Crippen LogP contribution in [0.15, 0.2) is 24.3 Å². The zero-order chi connectivity index (χ0) is 13.4. The van der Waals surface area contributed by atoms with E-state index in [0.29, 0.717) is 11.9 Å². The fourth-order valence-electron chi connectivity index (χ4n) is 2.95. The van der Waals surface area contributed by atoms with Gasteiger partial charge in [0.05, 0.1) is 13.2 Å². The van der Waals surface area contributed by atoms with E-state index >= 15 is 0 Å². The van der Waals surface area contributed by atoms with Crippen molar-refractivity contribution in [2.24, 2.45) is 0 Å². The van der Waals surface area contributed by atoms with Crippen LogP contribution in [-0.4, -0.2) is 21.9 Å². The first kappa shape index (κ1) is 12.0. The molecule has 2 heterocycles. The minimum atomic E-state index is 0.241. The number of nitrogens with two attached hydrogens (primary N) is 1. The number of rotatable bonds is 2. The maximum absolute atomic E-state index is 5.69. The molecular formula is C14H18N4O. The third-order valence-corrected chi connectivity index (χ3v) is 3.90. The Morgan fingerprint density at radius 1 is 1.37 bits per heavy atom. The number of nitrogens with zero attached hydrogens (tertiary/aromatic N) is 3. The van der Waals surface area contributed by atoms with Gasteiger partial charge in [-0.1, -0.05) is 18.2 Å². The smallest absolute Gasteiger partial charge is 0.239 e. The van der Waals surface area contributed by atoms with Gasteiger partial charge in [0, 0.05) is 12.3 Å². The first-order valence-corrected chi connectivity index (χ1v) is 6.54.